The van der Waals surface area contributed by atoms with Gasteiger partial charge in [0.15, 0.2) is 0 Å². The maximum atomic E-state index is 5.40. The molecule has 0 unspecified atom stereocenters. The lowest BCUT2D eigenvalue weighted by Gasteiger charge is -2.12. The first-order valence-corrected chi connectivity index (χ1v) is 6.00. The number of ether oxygens (including phenoxy) is 1. The van der Waals surface area contributed by atoms with Crippen LogP contribution in [0.5, 0.6) is 0 Å². The number of rotatable bonds is 7. The van der Waals surface area contributed by atoms with Gasteiger partial charge in [-0.05, 0) is 31.1 Å². The molecule has 0 aromatic heterocycles. The summed E-state index contributed by atoms with van der Waals surface area (Å²) in [5.41, 5.74) is 3.07. The summed E-state index contributed by atoms with van der Waals surface area (Å²) in [7, 11) is 1.70. The molecule has 0 aliphatic heterocycles. The van der Waals surface area contributed by atoms with Crippen molar-refractivity contribution in [1.82, 2.24) is 10.7 Å². The largest absolute Gasteiger partial charge is 0.385 e. The van der Waals surface area contributed by atoms with Gasteiger partial charge in [0.05, 0.1) is 0 Å². The first-order chi connectivity index (χ1) is 7.76. The number of nitrogens with two attached hydrogens (primary N) is 1. The van der Waals surface area contributed by atoms with Gasteiger partial charge in [-0.1, -0.05) is 6.92 Å². The van der Waals surface area contributed by atoms with E-state index in [-0.39, 0.29) is 0 Å². The van der Waals surface area contributed by atoms with E-state index in [0.29, 0.717) is 11.4 Å². The van der Waals surface area contributed by atoms with E-state index in [4.69, 9.17) is 10.6 Å². The molecular weight excluding hydrogens is 204 g/mol. The van der Waals surface area contributed by atoms with Gasteiger partial charge in [0, 0.05) is 26.8 Å². The SMILES string of the molecule is CCC1(CN=C(NN)NCCCOC)CC1. The predicted octanol–water partition coefficient (Wildman–Crippen LogP) is 0.622. The van der Waals surface area contributed by atoms with Gasteiger partial charge in [-0.2, -0.15) is 0 Å². The third-order valence-electron chi connectivity index (χ3n) is 3.23. The van der Waals surface area contributed by atoms with Crippen molar-refractivity contribution in [3.05, 3.63) is 0 Å². The summed E-state index contributed by atoms with van der Waals surface area (Å²) in [6, 6.07) is 0. The van der Waals surface area contributed by atoms with Crippen molar-refractivity contribution in [2.75, 3.05) is 26.8 Å². The number of aliphatic imine (C=N–C) groups is 1. The second-order valence-electron chi connectivity index (χ2n) is 4.44. The van der Waals surface area contributed by atoms with Crippen molar-refractivity contribution in [1.29, 1.82) is 0 Å². The number of hydrogen-bond acceptors (Lipinski definition) is 3. The van der Waals surface area contributed by atoms with Gasteiger partial charge in [-0.25, -0.2) is 5.84 Å². The fourth-order valence-electron chi connectivity index (χ4n) is 1.62. The first-order valence-electron chi connectivity index (χ1n) is 6.00. The number of nitrogens with zero attached hydrogens (tertiary/aromatic N) is 1. The van der Waals surface area contributed by atoms with Crippen molar-refractivity contribution >= 4 is 5.96 Å². The predicted molar refractivity (Wildman–Crippen MR) is 66.1 cm³/mol. The molecule has 1 aliphatic carbocycles. The molecule has 94 valence electrons. The number of methoxy groups -OCH3 is 1. The Morgan fingerprint density at radius 1 is 1.50 bits per heavy atom. The Morgan fingerprint density at radius 3 is 2.75 bits per heavy atom. The topological polar surface area (TPSA) is 71.7 Å². The Labute approximate surface area is 97.8 Å². The third kappa shape index (κ3) is 4.37. The molecule has 16 heavy (non-hydrogen) atoms. The smallest absolute Gasteiger partial charge is 0.205 e. The lowest BCUT2D eigenvalue weighted by molar-refractivity contribution is 0.195. The highest BCUT2D eigenvalue weighted by molar-refractivity contribution is 5.79. The maximum Gasteiger partial charge on any atom is 0.205 e. The Balaban J connectivity index is 2.21. The molecule has 0 radical (unpaired) electrons. The standard InChI is InChI=1S/C11H24N4O/c1-3-11(5-6-11)9-14-10(15-12)13-7-4-8-16-2/h3-9,12H2,1-2H3,(H2,13,14,15). The van der Waals surface area contributed by atoms with Crippen LogP contribution in [0.1, 0.15) is 32.6 Å². The Bertz CT molecular complexity index is 226. The van der Waals surface area contributed by atoms with Crippen LogP contribution in [0, 0.1) is 5.41 Å². The summed E-state index contributed by atoms with van der Waals surface area (Å²) >= 11 is 0. The molecule has 0 heterocycles. The monoisotopic (exact) mass is 228 g/mol. The highest BCUT2D eigenvalue weighted by Crippen LogP contribution is 2.48. The molecule has 1 fully saturated rings. The fraction of sp³-hybridized carbons (Fsp3) is 0.909. The summed E-state index contributed by atoms with van der Waals surface area (Å²) in [5.74, 6) is 6.09. The van der Waals surface area contributed by atoms with E-state index in [0.717, 1.165) is 26.1 Å². The summed E-state index contributed by atoms with van der Waals surface area (Å²) in [6.45, 7) is 4.68. The molecule has 5 heteroatoms. The van der Waals surface area contributed by atoms with Gasteiger partial charge in [0.1, 0.15) is 0 Å². The summed E-state index contributed by atoms with van der Waals surface area (Å²) in [4.78, 5) is 4.47. The van der Waals surface area contributed by atoms with Crippen LogP contribution in [0.25, 0.3) is 0 Å². The third-order valence-corrected chi connectivity index (χ3v) is 3.23. The molecule has 0 spiro atoms. The molecule has 1 rings (SSSR count). The zero-order valence-electron chi connectivity index (χ0n) is 10.4. The average Bonchev–Trinajstić information content (AvgIpc) is 3.09. The van der Waals surface area contributed by atoms with Crippen molar-refractivity contribution < 1.29 is 4.74 Å². The molecule has 0 atom stereocenters. The zero-order valence-corrected chi connectivity index (χ0v) is 10.4. The number of nitrogens with one attached hydrogen (secondary N) is 2. The summed E-state index contributed by atoms with van der Waals surface area (Å²) < 4.78 is 4.97. The molecule has 1 saturated carbocycles. The van der Waals surface area contributed by atoms with Crippen LogP contribution >= 0.6 is 0 Å². The van der Waals surface area contributed by atoms with Gasteiger partial charge < -0.3 is 10.1 Å². The molecule has 0 aromatic rings. The van der Waals surface area contributed by atoms with Crippen LogP contribution in [0.3, 0.4) is 0 Å². The van der Waals surface area contributed by atoms with E-state index >= 15 is 0 Å². The number of hydrazine groups is 1. The van der Waals surface area contributed by atoms with Crippen LogP contribution < -0.4 is 16.6 Å². The van der Waals surface area contributed by atoms with E-state index in [9.17, 15) is 0 Å². The first kappa shape index (κ1) is 13.3. The van der Waals surface area contributed by atoms with Crippen molar-refractivity contribution in [3.63, 3.8) is 0 Å². The van der Waals surface area contributed by atoms with Crippen LogP contribution in [-0.4, -0.2) is 32.8 Å². The highest BCUT2D eigenvalue weighted by Gasteiger charge is 2.40. The van der Waals surface area contributed by atoms with Gasteiger partial charge in [-0.15, -0.1) is 0 Å². The molecular formula is C11H24N4O. The van der Waals surface area contributed by atoms with Crippen LogP contribution in [-0.2, 0) is 4.74 Å². The van der Waals surface area contributed by atoms with Gasteiger partial charge in [-0.3, -0.25) is 10.4 Å². The number of hydrogen-bond donors (Lipinski definition) is 3. The minimum Gasteiger partial charge on any atom is -0.385 e. The summed E-state index contributed by atoms with van der Waals surface area (Å²) in [5, 5.41) is 3.16. The van der Waals surface area contributed by atoms with Crippen LogP contribution in [0.15, 0.2) is 4.99 Å². The molecule has 5 nitrogen and oxygen atoms in total. The minimum atomic E-state index is 0.469. The van der Waals surface area contributed by atoms with Gasteiger partial charge in [0.2, 0.25) is 5.96 Å². The van der Waals surface area contributed by atoms with E-state index < -0.39 is 0 Å². The van der Waals surface area contributed by atoms with E-state index in [1.165, 1.54) is 19.3 Å². The zero-order chi connectivity index (χ0) is 11.9. The van der Waals surface area contributed by atoms with Crippen molar-refractivity contribution in [3.8, 4) is 0 Å². The minimum absolute atomic E-state index is 0.469. The second kappa shape index (κ2) is 6.70. The summed E-state index contributed by atoms with van der Waals surface area (Å²) in [6.07, 6.45) is 4.76. The lowest BCUT2D eigenvalue weighted by atomic mass is 10.1. The van der Waals surface area contributed by atoms with E-state index in [1.807, 2.05) is 0 Å². The van der Waals surface area contributed by atoms with E-state index in [2.05, 4.69) is 22.7 Å². The highest BCUT2D eigenvalue weighted by atomic mass is 16.5. The average molecular weight is 228 g/mol. The maximum absolute atomic E-state index is 5.40. The van der Waals surface area contributed by atoms with Gasteiger partial charge >= 0.3 is 0 Å². The van der Waals surface area contributed by atoms with Gasteiger partial charge in [0.25, 0.3) is 0 Å². The molecule has 4 N–H and O–H groups in total. The second-order valence-corrected chi connectivity index (χ2v) is 4.44. The van der Waals surface area contributed by atoms with E-state index in [1.54, 1.807) is 7.11 Å². The van der Waals surface area contributed by atoms with Crippen molar-refractivity contribution in [2.24, 2.45) is 16.3 Å². The normalized spacial score (nSPS) is 18.3. The Kier molecular flexibility index (Phi) is 5.55. The van der Waals surface area contributed by atoms with Crippen LogP contribution in [0.4, 0.5) is 0 Å². The molecule has 0 amide bonds. The molecule has 0 saturated heterocycles. The lowest BCUT2D eigenvalue weighted by Crippen LogP contribution is -2.42. The van der Waals surface area contributed by atoms with Crippen molar-refractivity contribution in [2.45, 2.75) is 32.6 Å². The number of guanidine groups is 1. The molecule has 1 aliphatic rings. The Morgan fingerprint density at radius 2 is 2.25 bits per heavy atom. The molecule has 0 aromatic carbocycles. The van der Waals surface area contributed by atoms with Crippen LogP contribution in [0.2, 0.25) is 0 Å². The quantitative estimate of drug-likeness (QED) is 0.196. The Hall–Kier alpha value is -0.810. The fourth-order valence-corrected chi connectivity index (χ4v) is 1.62. The molecule has 0 bridgehead atoms.